The fourth-order valence-corrected chi connectivity index (χ4v) is 4.48. The minimum Gasteiger partial charge on any atom is -0.378 e. The van der Waals surface area contributed by atoms with Crippen molar-refractivity contribution >= 4 is 0 Å². The van der Waals surface area contributed by atoms with E-state index in [1.165, 1.54) is 51.4 Å². The maximum atomic E-state index is 6.36. The average Bonchev–Trinajstić information content (AvgIpc) is 2.57. The third kappa shape index (κ3) is 4.48. The van der Waals surface area contributed by atoms with Crippen LogP contribution in [0.25, 0.3) is 0 Å². The lowest BCUT2D eigenvalue weighted by Crippen LogP contribution is -2.28. The number of ether oxygens (including phenoxy) is 1. The molecule has 0 aromatic rings. The highest BCUT2D eigenvalue weighted by Crippen LogP contribution is 2.39. The van der Waals surface area contributed by atoms with Crippen molar-refractivity contribution in [2.24, 2.45) is 29.6 Å². The SMILES string of the molecule is CCC1CC2CC(C)CCC(C)CCOC2CCC1C. The van der Waals surface area contributed by atoms with Gasteiger partial charge in [0.25, 0.3) is 0 Å². The van der Waals surface area contributed by atoms with Crippen molar-refractivity contribution < 1.29 is 4.74 Å². The van der Waals surface area contributed by atoms with Crippen molar-refractivity contribution in [1.82, 2.24) is 0 Å². The third-order valence-corrected chi connectivity index (χ3v) is 6.17. The Morgan fingerprint density at radius 3 is 2.35 bits per heavy atom. The van der Waals surface area contributed by atoms with Crippen LogP contribution in [0.1, 0.15) is 79.1 Å². The molecule has 1 saturated carbocycles. The van der Waals surface area contributed by atoms with E-state index >= 15 is 0 Å². The Labute approximate surface area is 126 Å². The minimum atomic E-state index is 0.557. The molecule has 0 bridgehead atoms. The lowest BCUT2D eigenvalue weighted by molar-refractivity contribution is -0.0113. The first kappa shape index (κ1) is 16.3. The minimum absolute atomic E-state index is 0.557. The summed E-state index contributed by atoms with van der Waals surface area (Å²) in [5, 5.41) is 0. The summed E-state index contributed by atoms with van der Waals surface area (Å²) in [5.41, 5.74) is 0. The Hall–Kier alpha value is -0.0400. The molecular formula is C19H36O. The molecule has 1 nitrogen and oxygen atoms in total. The van der Waals surface area contributed by atoms with E-state index in [0.29, 0.717) is 6.10 Å². The van der Waals surface area contributed by atoms with Gasteiger partial charge < -0.3 is 4.74 Å². The van der Waals surface area contributed by atoms with Crippen LogP contribution in [0.5, 0.6) is 0 Å². The van der Waals surface area contributed by atoms with Crippen LogP contribution >= 0.6 is 0 Å². The second-order valence-corrected chi connectivity index (χ2v) is 7.94. The Kier molecular flexibility index (Phi) is 6.39. The Morgan fingerprint density at radius 2 is 1.60 bits per heavy atom. The summed E-state index contributed by atoms with van der Waals surface area (Å²) in [6.45, 7) is 10.7. The first-order valence-electron chi connectivity index (χ1n) is 9.21. The molecule has 2 rings (SSSR count). The van der Waals surface area contributed by atoms with Crippen molar-refractivity contribution in [3.63, 3.8) is 0 Å². The second-order valence-electron chi connectivity index (χ2n) is 7.94. The molecule has 2 aliphatic rings. The van der Waals surface area contributed by atoms with Crippen LogP contribution in [0, 0.1) is 29.6 Å². The summed E-state index contributed by atoms with van der Waals surface area (Å²) in [6.07, 6.45) is 11.5. The monoisotopic (exact) mass is 280 g/mol. The van der Waals surface area contributed by atoms with Crippen LogP contribution in [-0.4, -0.2) is 12.7 Å². The molecule has 0 N–H and O–H groups in total. The molecule has 1 heteroatoms. The van der Waals surface area contributed by atoms with Crippen LogP contribution in [0.15, 0.2) is 0 Å². The lowest BCUT2D eigenvalue weighted by atomic mass is 9.80. The highest BCUT2D eigenvalue weighted by Gasteiger charge is 2.33. The predicted molar refractivity (Wildman–Crippen MR) is 86.8 cm³/mol. The highest BCUT2D eigenvalue weighted by atomic mass is 16.5. The van der Waals surface area contributed by atoms with Gasteiger partial charge in [0.15, 0.2) is 0 Å². The van der Waals surface area contributed by atoms with Crippen molar-refractivity contribution in [2.45, 2.75) is 85.2 Å². The molecule has 1 heterocycles. The topological polar surface area (TPSA) is 9.23 Å². The molecule has 0 aromatic carbocycles. The van der Waals surface area contributed by atoms with Gasteiger partial charge in [0.05, 0.1) is 6.10 Å². The Balaban J connectivity index is 2.04. The Bertz CT molecular complexity index is 275. The van der Waals surface area contributed by atoms with Crippen LogP contribution in [0.2, 0.25) is 0 Å². The smallest absolute Gasteiger partial charge is 0.0603 e. The van der Waals surface area contributed by atoms with Gasteiger partial charge in [0.2, 0.25) is 0 Å². The van der Waals surface area contributed by atoms with Gasteiger partial charge in [-0.15, -0.1) is 0 Å². The van der Waals surface area contributed by atoms with Gasteiger partial charge >= 0.3 is 0 Å². The molecule has 0 radical (unpaired) electrons. The maximum absolute atomic E-state index is 6.36. The van der Waals surface area contributed by atoms with Crippen LogP contribution in [-0.2, 0) is 4.74 Å². The molecule has 2 fully saturated rings. The Morgan fingerprint density at radius 1 is 0.850 bits per heavy atom. The summed E-state index contributed by atoms with van der Waals surface area (Å²) in [7, 11) is 0. The van der Waals surface area contributed by atoms with E-state index in [2.05, 4.69) is 27.7 Å². The predicted octanol–water partition coefficient (Wildman–Crippen LogP) is 5.68. The number of fused-ring (bicyclic) bond motifs is 1. The van der Waals surface area contributed by atoms with Gasteiger partial charge in [0.1, 0.15) is 0 Å². The van der Waals surface area contributed by atoms with E-state index in [9.17, 15) is 0 Å². The molecular weight excluding hydrogens is 244 g/mol. The van der Waals surface area contributed by atoms with Gasteiger partial charge in [-0.1, -0.05) is 47.0 Å². The molecule has 20 heavy (non-hydrogen) atoms. The first-order chi connectivity index (χ1) is 9.60. The lowest BCUT2D eigenvalue weighted by Gasteiger charge is -2.31. The van der Waals surface area contributed by atoms with E-state index in [-0.39, 0.29) is 0 Å². The van der Waals surface area contributed by atoms with Crippen LogP contribution < -0.4 is 0 Å². The maximum Gasteiger partial charge on any atom is 0.0603 e. The van der Waals surface area contributed by atoms with Crippen LogP contribution in [0.3, 0.4) is 0 Å². The van der Waals surface area contributed by atoms with E-state index in [0.717, 1.165) is 36.2 Å². The van der Waals surface area contributed by atoms with Gasteiger partial charge in [-0.05, 0) is 61.7 Å². The quantitative estimate of drug-likeness (QED) is 0.600. The third-order valence-electron chi connectivity index (χ3n) is 6.17. The fourth-order valence-electron chi connectivity index (χ4n) is 4.48. The van der Waals surface area contributed by atoms with Gasteiger partial charge in [-0.2, -0.15) is 0 Å². The van der Waals surface area contributed by atoms with Crippen LogP contribution in [0.4, 0.5) is 0 Å². The molecule has 1 aliphatic carbocycles. The molecule has 6 atom stereocenters. The molecule has 0 aromatic heterocycles. The molecule has 0 amide bonds. The molecule has 0 spiro atoms. The molecule has 1 aliphatic heterocycles. The largest absolute Gasteiger partial charge is 0.378 e. The van der Waals surface area contributed by atoms with Gasteiger partial charge in [0, 0.05) is 6.61 Å². The molecule has 6 unspecified atom stereocenters. The first-order valence-corrected chi connectivity index (χ1v) is 9.21. The van der Waals surface area contributed by atoms with Gasteiger partial charge in [-0.3, -0.25) is 0 Å². The zero-order valence-corrected chi connectivity index (χ0v) is 14.2. The number of hydrogen-bond donors (Lipinski definition) is 0. The number of rotatable bonds is 1. The standard InChI is InChI=1S/C19H36O/c1-5-17-13-18-12-15(3)7-6-14(2)10-11-20-19(18)9-8-16(17)4/h14-19H,5-13H2,1-4H3. The van der Waals surface area contributed by atoms with Crippen molar-refractivity contribution in [3.8, 4) is 0 Å². The number of hydrogen-bond acceptors (Lipinski definition) is 1. The zero-order chi connectivity index (χ0) is 14.5. The van der Waals surface area contributed by atoms with E-state index in [1.807, 2.05) is 0 Å². The van der Waals surface area contributed by atoms with Crippen molar-refractivity contribution in [3.05, 3.63) is 0 Å². The molecule has 118 valence electrons. The summed E-state index contributed by atoms with van der Waals surface area (Å²) in [6, 6.07) is 0. The van der Waals surface area contributed by atoms with E-state index in [4.69, 9.17) is 4.74 Å². The highest BCUT2D eigenvalue weighted by molar-refractivity contribution is 4.83. The van der Waals surface area contributed by atoms with E-state index in [1.54, 1.807) is 0 Å². The second kappa shape index (κ2) is 7.82. The fraction of sp³-hybridized carbons (Fsp3) is 1.00. The summed E-state index contributed by atoms with van der Waals surface area (Å²) in [4.78, 5) is 0. The van der Waals surface area contributed by atoms with Crippen molar-refractivity contribution in [1.29, 1.82) is 0 Å². The normalized spacial score (nSPS) is 44.4. The zero-order valence-electron chi connectivity index (χ0n) is 14.2. The van der Waals surface area contributed by atoms with Gasteiger partial charge in [-0.25, -0.2) is 0 Å². The summed E-state index contributed by atoms with van der Waals surface area (Å²) in [5.74, 6) is 4.39. The van der Waals surface area contributed by atoms with E-state index < -0.39 is 0 Å². The van der Waals surface area contributed by atoms with Crippen molar-refractivity contribution in [2.75, 3.05) is 6.61 Å². The molecule has 1 saturated heterocycles. The summed E-state index contributed by atoms with van der Waals surface area (Å²) >= 11 is 0. The average molecular weight is 280 g/mol. The summed E-state index contributed by atoms with van der Waals surface area (Å²) < 4.78 is 6.36.